The summed E-state index contributed by atoms with van der Waals surface area (Å²) in [5, 5.41) is 10.1. The molecule has 0 radical (unpaired) electrons. The standard InChI is InChI=1S/C14H19FN4OS/c1-14(2,3)16-8-9-10(15)6-5-7-11(9)21-13-18-17-12(20)19(13)4/h5-7,16H,8H2,1-4H3,(H,17,20). The number of aromatic nitrogens is 3. The van der Waals surface area contributed by atoms with Crippen LogP contribution in [0.2, 0.25) is 0 Å². The summed E-state index contributed by atoms with van der Waals surface area (Å²) in [7, 11) is 1.63. The van der Waals surface area contributed by atoms with E-state index in [9.17, 15) is 9.18 Å². The molecule has 0 aliphatic rings. The van der Waals surface area contributed by atoms with Gasteiger partial charge >= 0.3 is 5.69 Å². The zero-order chi connectivity index (χ0) is 15.6. The van der Waals surface area contributed by atoms with Crippen molar-refractivity contribution in [2.75, 3.05) is 0 Å². The molecular weight excluding hydrogens is 291 g/mol. The van der Waals surface area contributed by atoms with Gasteiger partial charge in [-0.1, -0.05) is 6.07 Å². The van der Waals surface area contributed by atoms with Crippen LogP contribution in [0.3, 0.4) is 0 Å². The number of H-pyrrole nitrogens is 1. The maximum absolute atomic E-state index is 14.1. The van der Waals surface area contributed by atoms with Gasteiger partial charge in [0.25, 0.3) is 0 Å². The Hall–Kier alpha value is -1.60. The van der Waals surface area contributed by atoms with Crippen molar-refractivity contribution in [3.05, 3.63) is 40.1 Å². The molecule has 0 saturated heterocycles. The second-order valence-corrected chi connectivity index (χ2v) is 6.80. The lowest BCUT2D eigenvalue weighted by Gasteiger charge is -2.21. The van der Waals surface area contributed by atoms with Crippen molar-refractivity contribution in [1.82, 2.24) is 20.1 Å². The van der Waals surface area contributed by atoms with Crippen molar-refractivity contribution >= 4 is 11.8 Å². The third kappa shape index (κ3) is 3.95. The van der Waals surface area contributed by atoms with E-state index >= 15 is 0 Å². The third-order valence-electron chi connectivity index (χ3n) is 2.91. The largest absolute Gasteiger partial charge is 0.343 e. The zero-order valence-electron chi connectivity index (χ0n) is 12.5. The maximum atomic E-state index is 14.1. The van der Waals surface area contributed by atoms with Crippen molar-refractivity contribution in [3.8, 4) is 0 Å². The average molecular weight is 310 g/mol. The predicted molar refractivity (Wildman–Crippen MR) is 80.9 cm³/mol. The van der Waals surface area contributed by atoms with E-state index in [1.165, 1.54) is 22.4 Å². The SMILES string of the molecule is Cn1c(Sc2cccc(F)c2CNC(C)(C)C)n[nH]c1=O. The highest BCUT2D eigenvalue weighted by Gasteiger charge is 2.16. The molecule has 0 atom stereocenters. The van der Waals surface area contributed by atoms with Gasteiger partial charge in [0.1, 0.15) is 5.82 Å². The molecule has 2 rings (SSSR count). The second-order valence-electron chi connectivity index (χ2n) is 5.79. The first-order valence-electron chi connectivity index (χ1n) is 6.59. The number of hydrogen-bond donors (Lipinski definition) is 2. The van der Waals surface area contributed by atoms with Crippen LogP contribution in [0.5, 0.6) is 0 Å². The lowest BCUT2D eigenvalue weighted by atomic mass is 10.1. The summed E-state index contributed by atoms with van der Waals surface area (Å²) in [5.41, 5.74) is 0.180. The highest BCUT2D eigenvalue weighted by atomic mass is 32.2. The highest BCUT2D eigenvalue weighted by molar-refractivity contribution is 7.99. The number of nitrogens with one attached hydrogen (secondary N) is 2. The number of hydrogen-bond acceptors (Lipinski definition) is 4. The average Bonchev–Trinajstić information content (AvgIpc) is 2.69. The molecule has 1 aromatic carbocycles. The highest BCUT2D eigenvalue weighted by Crippen LogP contribution is 2.29. The van der Waals surface area contributed by atoms with Gasteiger partial charge in [-0.15, -0.1) is 5.10 Å². The fourth-order valence-electron chi connectivity index (χ4n) is 1.68. The molecule has 0 aliphatic heterocycles. The molecule has 0 saturated carbocycles. The van der Waals surface area contributed by atoms with Gasteiger partial charge in [0, 0.05) is 29.6 Å². The number of benzene rings is 1. The molecule has 2 N–H and O–H groups in total. The number of aromatic amines is 1. The van der Waals surface area contributed by atoms with Gasteiger partial charge < -0.3 is 5.32 Å². The lowest BCUT2D eigenvalue weighted by molar-refractivity contribution is 0.416. The Morgan fingerprint density at radius 2 is 2.14 bits per heavy atom. The summed E-state index contributed by atoms with van der Waals surface area (Å²) in [4.78, 5) is 12.1. The Labute approximate surface area is 127 Å². The van der Waals surface area contributed by atoms with Crippen LogP contribution in [0.1, 0.15) is 26.3 Å². The van der Waals surface area contributed by atoms with Gasteiger partial charge in [-0.05, 0) is 44.7 Å². The van der Waals surface area contributed by atoms with Crippen LogP contribution in [-0.4, -0.2) is 20.3 Å². The van der Waals surface area contributed by atoms with Crippen molar-refractivity contribution in [2.45, 2.75) is 42.9 Å². The van der Waals surface area contributed by atoms with Crippen LogP contribution in [0.4, 0.5) is 4.39 Å². The number of halogens is 1. The van der Waals surface area contributed by atoms with Crippen molar-refractivity contribution in [3.63, 3.8) is 0 Å². The number of nitrogens with zero attached hydrogens (tertiary/aromatic N) is 2. The molecule has 0 fully saturated rings. The molecule has 0 aliphatic carbocycles. The summed E-state index contributed by atoms with van der Waals surface area (Å²) in [5.74, 6) is -0.266. The summed E-state index contributed by atoms with van der Waals surface area (Å²) in [6.45, 7) is 6.49. The molecule has 1 aromatic heterocycles. The molecule has 0 amide bonds. The van der Waals surface area contributed by atoms with E-state index in [0.717, 1.165) is 4.90 Å². The van der Waals surface area contributed by atoms with Crippen molar-refractivity contribution in [2.24, 2.45) is 7.05 Å². The molecular formula is C14H19FN4OS. The van der Waals surface area contributed by atoms with Crippen LogP contribution in [-0.2, 0) is 13.6 Å². The summed E-state index contributed by atoms with van der Waals surface area (Å²) in [6.07, 6.45) is 0. The van der Waals surface area contributed by atoms with Crippen molar-refractivity contribution < 1.29 is 4.39 Å². The molecule has 2 aromatic rings. The van der Waals surface area contributed by atoms with Gasteiger partial charge in [0.2, 0.25) is 0 Å². The van der Waals surface area contributed by atoms with Crippen LogP contribution in [0.15, 0.2) is 33.0 Å². The lowest BCUT2D eigenvalue weighted by Crippen LogP contribution is -2.35. The molecule has 0 unspecified atom stereocenters. The minimum absolute atomic E-state index is 0.108. The zero-order valence-corrected chi connectivity index (χ0v) is 13.3. The monoisotopic (exact) mass is 310 g/mol. The Kier molecular flexibility index (Phi) is 4.53. The van der Waals surface area contributed by atoms with Crippen LogP contribution in [0, 0.1) is 5.82 Å². The molecule has 0 bridgehead atoms. The molecule has 5 nitrogen and oxygen atoms in total. The van der Waals surface area contributed by atoms with Gasteiger partial charge in [-0.3, -0.25) is 4.57 Å². The second kappa shape index (κ2) is 6.03. The maximum Gasteiger partial charge on any atom is 0.343 e. The molecule has 7 heteroatoms. The Balaban J connectivity index is 2.29. The molecule has 114 valence electrons. The Bertz CT molecular complexity index is 687. The normalized spacial score (nSPS) is 11.9. The first kappa shape index (κ1) is 15.8. The van der Waals surface area contributed by atoms with Gasteiger partial charge in [-0.2, -0.15) is 0 Å². The molecule has 0 spiro atoms. The Morgan fingerprint density at radius 1 is 1.43 bits per heavy atom. The minimum atomic E-state index is -0.289. The van der Waals surface area contributed by atoms with E-state index in [2.05, 4.69) is 15.5 Å². The van der Waals surface area contributed by atoms with Gasteiger partial charge in [-0.25, -0.2) is 14.3 Å². The van der Waals surface area contributed by atoms with E-state index in [1.54, 1.807) is 13.1 Å². The first-order chi connectivity index (χ1) is 9.78. The van der Waals surface area contributed by atoms with E-state index in [0.29, 0.717) is 17.3 Å². The molecule has 21 heavy (non-hydrogen) atoms. The van der Waals surface area contributed by atoms with Crippen LogP contribution < -0.4 is 11.0 Å². The fraction of sp³-hybridized carbons (Fsp3) is 0.429. The predicted octanol–water partition coefficient (Wildman–Crippen LogP) is 2.29. The fourth-order valence-corrected chi connectivity index (χ4v) is 2.63. The minimum Gasteiger partial charge on any atom is -0.308 e. The van der Waals surface area contributed by atoms with E-state index in [-0.39, 0.29) is 17.0 Å². The summed E-state index contributed by atoms with van der Waals surface area (Å²) in [6, 6.07) is 4.92. The smallest absolute Gasteiger partial charge is 0.308 e. The third-order valence-corrected chi connectivity index (χ3v) is 4.06. The summed E-state index contributed by atoms with van der Waals surface area (Å²) < 4.78 is 15.5. The van der Waals surface area contributed by atoms with Crippen molar-refractivity contribution in [1.29, 1.82) is 0 Å². The quantitative estimate of drug-likeness (QED) is 0.909. The molecule has 1 heterocycles. The van der Waals surface area contributed by atoms with E-state index < -0.39 is 0 Å². The first-order valence-corrected chi connectivity index (χ1v) is 7.41. The van der Waals surface area contributed by atoms with E-state index in [4.69, 9.17) is 0 Å². The van der Waals surface area contributed by atoms with Crippen LogP contribution in [0.25, 0.3) is 0 Å². The number of rotatable bonds is 4. The van der Waals surface area contributed by atoms with Gasteiger partial charge in [0.15, 0.2) is 5.16 Å². The van der Waals surface area contributed by atoms with Gasteiger partial charge in [0.05, 0.1) is 0 Å². The van der Waals surface area contributed by atoms with Crippen LogP contribution >= 0.6 is 11.8 Å². The topological polar surface area (TPSA) is 62.7 Å². The summed E-state index contributed by atoms with van der Waals surface area (Å²) >= 11 is 1.27. The van der Waals surface area contributed by atoms with E-state index in [1.807, 2.05) is 26.8 Å². The Morgan fingerprint density at radius 3 is 2.71 bits per heavy atom.